The molecule has 0 spiro atoms. The number of piperidine rings is 1. The van der Waals surface area contributed by atoms with Crippen LogP contribution in [0.25, 0.3) is 11.4 Å². The molecule has 9 heteroatoms. The van der Waals surface area contributed by atoms with Gasteiger partial charge in [-0.1, -0.05) is 16.8 Å². The van der Waals surface area contributed by atoms with Crippen LogP contribution in [0.15, 0.2) is 47.0 Å². The summed E-state index contributed by atoms with van der Waals surface area (Å²) in [6.07, 6.45) is 1.45. The topological polar surface area (TPSA) is 97.6 Å². The van der Waals surface area contributed by atoms with E-state index in [9.17, 15) is 9.59 Å². The molecule has 0 radical (unpaired) electrons. The second kappa shape index (κ2) is 9.40. The van der Waals surface area contributed by atoms with Crippen LogP contribution in [0, 0.1) is 0 Å². The summed E-state index contributed by atoms with van der Waals surface area (Å²) in [5, 5.41) is 7.35. The summed E-state index contributed by atoms with van der Waals surface area (Å²) in [6.45, 7) is 2.63. The molecule has 4 rings (SSSR count). The van der Waals surface area contributed by atoms with Crippen LogP contribution < -0.4 is 10.1 Å². The Bertz CT molecular complexity index is 1120. The van der Waals surface area contributed by atoms with Crippen LogP contribution >= 0.6 is 11.6 Å². The summed E-state index contributed by atoms with van der Waals surface area (Å²) in [5.74, 6) is 1.42. The minimum atomic E-state index is -0.126. The zero-order valence-electron chi connectivity index (χ0n) is 17.8. The Morgan fingerprint density at radius 3 is 2.53 bits per heavy atom. The maximum absolute atomic E-state index is 12.9. The lowest BCUT2D eigenvalue weighted by atomic mass is 9.96. The van der Waals surface area contributed by atoms with Gasteiger partial charge in [-0.3, -0.25) is 9.59 Å². The number of amides is 2. The van der Waals surface area contributed by atoms with E-state index in [4.69, 9.17) is 20.9 Å². The Morgan fingerprint density at radius 2 is 1.88 bits per heavy atom. The number of carbonyl (C=O) groups is 2. The number of aromatic nitrogens is 2. The maximum Gasteiger partial charge on any atom is 0.257 e. The molecule has 2 amide bonds. The molecule has 0 saturated carbocycles. The van der Waals surface area contributed by atoms with E-state index in [1.54, 1.807) is 35.2 Å². The molecule has 0 aliphatic carbocycles. The van der Waals surface area contributed by atoms with Gasteiger partial charge >= 0.3 is 0 Å². The normalized spacial score (nSPS) is 14.3. The van der Waals surface area contributed by atoms with Crippen LogP contribution in [0.2, 0.25) is 5.02 Å². The van der Waals surface area contributed by atoms with Gasteiger partial charge in [-0.25, -0.2) is 0 Å². The largest absolute Gasteiger partial charge is 0.496 e. The van der Waals surface area contributed by atoms with Crippen molar-refractivity contribution in [2.24, 2.45) is 0 Å². The second-order valence-electron chi connectivity index (χ2n) is 7.63. The number of methoxy groups -OCH3 is 1. The molecule has 2 heterocycles. The number of benzene rings is 2. The van der Waals surface area contributed by atoms with E-state index in [0.29, 0.717) is 46.8 Å². The molecule has 1 aromatic heterocycles. The van der Waals surface area contributed by atoms with Crippen LogP contribution in [0.1, 0.15) is 41.9 Å². The van der Waals surface area contributed by atoms with Crippen LogP contribution in [-0.4, -0.2) is 47.1 Å². The SMILES string of the molecule is COc1cc(Cl)ccc1C(=O)N1CCC(c2nc(-c3ccc(NC(C)=O)cc3)no2)CC1. The third-order valence-electron chi connectivity index (χ3n) is 5.43. The molecule has 1 aliphatic heterocycles. The fraction of sp³-hybridized carbons (Fsp3) is 0.304. The Labute approximate surface area is 190 Å². The summed E-state index contributed by atoms with van der Waals surface area (Å²) < 4.78 is 10.8. The zero-order chi connectivity index (χ0) is 22.7. The number of ether oxygens (including phenoxy) is 1. The molecule has 1 fully saturated rings. The fourth-order valence-electron chi connectivity index (χ4n) is 3.77. The molecule has 166 valence electrons. The highest BCUT2D eigenvalue weighted by molar-refractivity contribution is 6.30. The summed E-state index contributed by atoms with van der Waals surface area (Å²) in [6, 6.07) is 12.3. The van der Waals surface area contributed by atoms with Gasteiger partial charge in [-0.2, -0.15) is 4.98 Å². The van der Waals surface area contributed by atoms with Gasteiger partial charge in [0.2, 0.25) is 17.6 Å². The molecule has 8 nitrogen and oxygen atoms in total. The Kier molecular flexibility index (Phi) is 6.41. The highest BCUT2D eigenvalue weighted by Crippen LogP contribution is 2.31. The third kappa shape index (κ3) is 4.75. The fourth-order valence-corrected chi connectivity index (χ4v) is 3.93. The lowest BCUT2D eigenvalue weighted by Gasteiger charge is -2.30. The Balaban J connectivity index is 1.39. The summed E-state index contributed by atoms with van der Waals surface area (Å²) in [7, 11) is 1.52. The number of hydrogen-bond acceptors (Lipinski definition) is 6. The smallest absolute Gasteiger partial charge is 0.257 e. The van der Waals surface area contributed by atoms with Gasteiger partial charge in [0, 0.05) is 42.2 Å². The number of likely N-dealkylation sites (tertiary alicyclic amines) is 1. The van der Waals surface area contributed by atoms with Crippen molar-refractivity contribution in [2.45, 2.75) is 25.7 Å². The lowest BCUT2D eigenvalue weighted by molar-refractivity contribution is -0.114. The van der Waals surface area contributed by atoms with Crippen molar-refractivity contribution in [3.8, 4) is 17.1 Å². The van der Waals surface area contributed by atoms with E-state index in [2.05, 4.69) is 15.5 Å². The number of carbonyl (C=O) groups excluding carboxylic acids is 2. The van der Waals surface area contributed by atoms with Gasteiger partial charge in [0.25, 0.3) is 5.91 Å². The number of halogens is 1. The van der Waals surface area contributed by atoms with Gasteiger partial charge in [0.05, 0.1) is 12.7 Å². The molecule has 1 saturated heterocycles. The van der Waals surface area contributed by atoms with Crippen molar-refractivity contribution in [1.82, 2.24) is 15.0 Å². The second-order valence-corrected chi connectivity index (χ2v) is 8.06. The first-order valence-electron chi connectivity index (χ1n) is 10.3. The molecule has 0 atom stereocenters. The quantitative estimate of drug-likeness (QED) is 0.614. The number of hydrogen-bond donors (Lipinski definition) is 1. The van der Waals surface area contributed by atoms with Crippen LogP contribution in [0.5, 0.6) is 5.75 Å². The summed E-state index contributed by atoms with van der Waals surface area (Å²) >= 11 is 6.00. The monoisotopic (exact) mass is 454 g/mol. The average molecular weight is 455 g/mol. The molecule has 1 aliphatic rings. The zero-order valence-corrected chi connectivity index (χ0v) is 18.6. The molecule has 1 N–H and O–H groups in total. The van der Waals surface area contributed by atoms with Gasteiger partial charge in [0.1, 0.15) is 5.75 Å². The molecule has 0 unspecified atom stereocenters. The number of anilines is 1. The molecule has 2 aromatic carbocycles. The van der Waals surface area contributed by atoms with Crippen LogP contribution in [-0.2, 0) is 4.79 Å². The van der Waals surface area contributed by atoms with Crippen molar-refractivity contribution >= 4 is 29.1 Å². The highest BCUT2D eigenvalue weighted by Gasteiger charge is 2.29. The average Bonchev–Trinajstić information content (AvgIpc) is 3.29. The first-order valence-corrected chi connectivity index (χ1v) is 10.7. The van der Waals surface area contributed by atoms with E-state index in [-0.39, 0.29) is 17.7 Å². The first kappa shape index (κ1) is 21.8. The Morgan fingerprint density at radius 1 is 1.16 bits per heavy atom. The highest BCUT2D eigenvalue weighted by atomic mass is 35.5. The van der Waals surface area contributed by atoms with Gasteiger partial charge in [-0.05, 0) is 55.3 Å². The van der Waals surface area contributed by atoms with Gasteiger partial charge < -0.3 is 19.5 Å². The maximum atomic E-state index is 12.9. The minimum Gasteiger partial charge on any atom is -0.496 e. The standard InChI is InChI=1S/C23H23ClN4O4/c1-14(29)25-18-6-3-15(4-7-18)21-26-22(32-27-21)16-9-11-28(12-10-16)23(30)19-8-5-17(24)13-20(19)31-2/h3-8,13,16H,9-12H2,1-2H3,(H,25,29). The van der Waals surface area contributed by atoms with Crippen LogP contribution in [0.4, 0.5) is 5.69 Å². The summed E-state index contributed by atoms with van der Waals surface area (Å²) in [5.41, 5.74) is 2.01. The molecular formula is C23H23ClN4O4. The minimum absolute atomic E-state index is 0.0811. The van der Waals surface area contributed by atoms with Crippen molar-refractivity contribution in [3.63, 3.8) is 0 Å². The molecular weight excluding hydrogens is 432 g/mol. The molecule has 32 heavy (non-hydrogen) atoms. The Hall–Kier alpha value is -3.39. The van der Waals surface area contributed by atoms with E-state index in [1.807, 2.05) is 12.1 Å². The van der Waals surface area contributed by atoms with E-state index in [0.717, 1.165) is 18.4 Å². The van der Waals surface area contributed by atoms with E-state index in [1.165, 1.54) is 14.0 Å². The van der Waals surface area contributed by atoms with Crippen LogP contribution in [0.3, 0.4) is 0 Å². The number of nitrogens with zero attached hydrogens (tertiary/aromatic N) is 3. The predicted octanol–water partition coefficient (Wildman–Crippen LogP) is 4.38. The van der Waals surface area contributed by atoms with Gasteiger partial charge in [-0.15, -0.1) is 0 Å². The van der Waals surface area contributed by atoms with Crippen molar-refractivity contribution in [1.29, 1.82) is 0 Å². The van der Waals surface area contributed by atoms with Crippen molar-refractivity contribution in [3.05, 3.63) is 58.9 Å². The van der Waals surface area contributed by atoms with Crippen molar-refractivity contribution in [2.75, 3.05) is 25.5 Å². The number of rotatable bonds is 5. The molecule has 3 aromatic rings. The van der Waals surface area contributed by atoms with E-state index < -0.39 is 0 Å². The summed E-state index contributed by atoms with van der Waals surface area (Å²) in [4.78, 5) is 30.5. The van der Waals surface area contributed by atoms with E-state index >= 15 is 0 Å². The van der Waals surface area contributed by atoms with Gasteiger partial charge in [0.15, 0.2) is 0 Å². The predicted molar refractivity (Wildman–Crippen MR) is 120 cm³/mol. The molecule has 0 bridgehead atoms. The third-order valence-corrected chi connectivity index (χ3v) is 5.67. The lowest BCUT2D eigenvalue weighted by Crippen LogP contribution is -2.38. The van der Waals surface area contributed by atoms with Crippen molar-refractivity contribution < 1.29 is 18.8 Å². The number of nitrogens with one attached hydrogen (secondary N) is 1. The first-order chi connectivity index (χ1) is 15.4.